The lowest BCUT2D eigenvalue weighted by Gasteiger charge is -2.43. The van der Waals surface area contributed by atoms with E-state index in [2.05, 4.69) is 49.2 Å². The number of halogens is 1. The summed E-state index contributed by atoms with van der Waals surface area (Å²) in [7, 11) is 1.56. The molecule has 7 heteroatoms. The largest absolute Gasteiger partial charge is 0.493 e. The number of carbonyl (C=O) groups excluding carboxylic acids is 1. The number of hydrogen-bond donors (Lipinski definition) is 1. The van der Waals surface area contributed by atoms with Crippen LogP contribution in [0.5, 0.6) is 5.75 Å². The number of carbonyl (C=O) groups is 1. The summed E-state index contributed by atoms with van der Waals surface area (Å²) >= 11 is 6.56. The Labute approximate surface area is 192 Å². The van der Waals surface area contributed by atoms with Gasteiger partial charge in [-0.1, -0.05) is 29.8 Å². The Balaban J connectivity index is 1.57. The monoisotopic (exact) mass is 451 g/mol. The maximum atomic E-state index is 12.5. The molecule has 2 heterocycles. The number of allylic oxidation sites excluding steroid dienone is 1. The molecule has 1 aliphatic heterocycles. The predicted octanol–water partition coefficient (Wildman–Crippen LogP) is 5.88. The summed E-state index contributed by atoms with van der Waals surface area (Å²) in [5.41, 5.74) is 7.05. The Morgan fingerprint density at radius 2 is 2.09 bits per heavy atom. The van der Waals surface area contributed by atoms with Gasteiger partial charge in [-0.3, -0.25) is 4.79 Å². The Hall–Kier alpha value is -3.25. The predicted molar refractivity (Wildman–Crippen MR) is 130 cm³/mol. The van der Waals surface area contributed by atoms with Crippen LogP contribution in [0.1, 0.15) is 49.4 Å². The van der Waals surface area contributed by atoms with Crippen molar-refractivity contribution >= 4 is 46.0 Å². The first-order valence-electron chi connectivity index (χ1n) is 10.5. The number of fused-ring (bicyclic) bond motifs is 2. The summed E-state index contributed by atoms with van der Waals surface area (Å²) in [6.07, 6.45) is 3.80. The lowest BCUT2D eigenvalue weighted by molar-refractivity contribution is 0.0929. The third-order valence-electron chi connectivity index (χ3n) is 5.73. The number of nitrogens with one attached hydrogen (secondary N) is 1. The third-order valence-corrected chi connectivity index (χ3v) is 6.06. The number of amides is 1. The smallest absolute Gasteiger partial charge is 0.307 e. The van der Waals surface area contributed by atoms with E-state index < -0.39 is 5.91 Å². The minimum Gasteiger partial charge on any atom is -0.493 e. The molecule has 2 aromatic carbocycles. The molecule has 1 amide bonds. The van der Waals surface area contributed by atoms with E-state index in [9.17, 15) is 4.79 Å². The molecule has 3 aromatic rings. The third kappa shape index (κ3) is 3.86. The first-order chi connectivity index (χ1) is 15.2. The van der Waals surface area contributed by atoms with Gasteiger partial charge in [0.25, 0.3) is 0 Å². The molecule has 0 bridgehead atoms. The van der Waals surface area contributed by atoms with Gasteiger partial charge >= 0.3 is 5.91 Å². The van der Waals surface area contributed by atoms with Crippen LogP contribution in [0.25, 0.3) is 16.5 Å². The number of hydrogen-bond acceptors (Lipinski definition) is 5. The van der Waals surface area contributed by atoms with E-state index in [1.54, 1.807) is 25.5 Å². The fraction of sp³-hybridized carbons (Fsp3) is 0.280. The topological polar surface area (TPSA) is 67.1 Å². The summed E-state index contributed by atoms with van der Waals surface area (Å²) in [5.74, 6) is 0.264. The van der Waals surface area contributed by atoms with Gasteiger partial charge in [0.15, 0.2) is 17.1 Å². The summed E-state index contributed by atoms with van der Waals surface area (Å²) in [5, 5.41) is 5.45. The van der Waals surface area contributed by atoms with Crippen LogP contribution >= 0.6 is 11.6 Å². The molecular formula is C25H26ClN3O3. The van der Waals surface area contributed by atoms with Crippen molar-refractivity contribution in [1.29, 1.82) is 0 Å². The molecule has 1 aromatic heterocycles. The lowest BCUT2D eigenvalue weighted by Crippen LogP contribution is -2.44. The van der Waals surface area contributed by atoms with Crippen molar-refractivity contribution in [2.45, 2.75) is 33.2 Å². The van der Waals surface area contributed by atoms with Gasteiger partial charge < -0.3 is 14.1 Å². The summed E-state index contributed by atoms with van der Waals surface area (Å²) in [6.45, 7) is 9.48. The van der Waals surface area contributed by atoms with Gasteiger partial charge in [-0.25, -0.2) is 5.43 Å². The molecule has 6 nitrogen and oxygen atoms in total. The van der Waals surface area contributed by atoms with Crippen molar-refractivity contribution in [1.82, 2.24) is 5.43 Å². The van der Waals surface area contributed by atoms with Crippen molar-refractivity contribution in [3.8, 4) is 5.75 Å². The number of para-hydroxylation sites is 1. The zero-order chi connectivity index (χ0) is 23.0. The SMILES string of the molecule is CCN1c2cc(Cl)c(/C=N\NC(=O)c3cc4cccc(OC)c4o3)cc2C(C)=CC1(C)C. The Bertz CT molecular complexity index is 1260. The fourth-order valence-electron chi connectivity index (χ4n) is 4.32. The maximum absolute atomic E-state index is 12.5. The van der Waals surface area contributed by atoms with Crippen LogP contribution in [-0.2, 0) is 0 Å². The fourth-order valence-corrected chi connectivity index (χ4v) is 4.52. The van der Waals surface area contributed by atoms with Crippen molar-refractivity contribution < 1.29 is 13.9 Å². The van der Waals surface area contributed by atoms with Gasteiger partial charge in [0.05, 0.1) is 23.9 Å². The molecule has 0 atom stereocenters. The second-order valence-corrected chi connectivity index (χ2v) is 8.71. The van der Waals surface area contributed by atoms with E-state index in [1.165, 1.54) is 5.57 Å². The van der Waals surface area contributed by atoms with Crippen LogP contribution in [-0.4, -0.2) is 31.3 Å². The molecule has 0 fully saturated rings. The van der Waals surface area contributed by atoms with Gasteiger partial charge in [-0.05, 0) is 57.5 Å². The average Bonchev–Trinajstić information content (AvgIpc) is 3.18. The van der Waals surface area contributed by atoms with E-state index in [4.69, 9.17) is 20.8 Å². The van der Waals surface area contributed by atoms with Gasteiger partial charge in [-0.15, -0.1) is 0 Å². The van der Waals surface area contributed by atoms with E-state index in [0.29, 0.717) is 16.4 Å². The standard InChI is InChI=1S/C25H26ClN3O3/c1-6-29-20-12-19(26)17(10-18(20)15(2)13-25(29,3)4)14-27-28-24(30)22-11-16-8-7-9-21(31-5)23(16)32-22/h7-14H,6H2,1-5H3,(H,28,30)/b27-14-. The first-order valence-corrected chi connectivity index (χ1v) is 10.8. The Kier molecular flexibility index (Phi) is 5.73. The normalized spacial score (nSPS) is 15.1. The number of rotatable bonds is 5. The molecule has 0 unspecified atom stereocenters. The summed E-state index contributed by atoms with van der Waals surface area (Å²) in [6, 6.07) is 11.1. The minimum atomic E-state index is -0.455. The molecular weight excluding hydrogens is 426 g/mol. The highest BCUT2D eigenvalue weighted by molar-refractivity contribution is 6.33. The molecule has 0 spiro atoms. The minimum absolute atomic E-state index is 0.0893. The number of likely N-dealkylation sites (N-methyl/N-ethyl adjacent to an activating group) is 1. The highest BCUT2D eigenvalue weighted by atomic mass is 35.5. The molecule has 0 radical (unpaired) electrons. The maximum Gasteiger partial charge on any atom is 0.307 e. The summed E-state index contributed by atoms with van der Waals surface area (Å²) < 4.78 is 10.9. The van der Waals surface area contributed by atoms with Crippen LogP contribution < -0.4 is 15.1 Å². The van der Waals surface area contributed by atoms with Crippen LogP contribution in [0.15, 0.2) is 52.0 Å². The van der Waals surface area contributed by atoms with Crippen LogP contribution in [0, 0.1) is 0 Å². The van der Waals surface area contributed by atoms with Crippen molar-refractivity contribution in [3.05, 3.63) is 64.4 Å². The first kappa shape index (κ1) is 22.0. The summed E-state index contributed by atoms with van der Waals surface area (Å²) in [4.78, 5) is 14.8. The van der Waals surface area contributed by atoms with E-state index >= 15 is 0 Å². The molecule has 1 aliphatic rings. The quantitative estimate of drug-likeness (QED) is 0.388. The Morgan fingerprint density at radius 1 is 1.31 bits per heavy atom. The number of benzene rings is 2. The van der Waals surface area contributed by atoms with E-state index in [1.807, 2.05) is 24.3 Å². The average molecular weight is 452 g/mol. The zero-order valence-electron chi connectivity index (χ0n) is 18.8. The van der Waals surface area contributed by atoms with Gasteiger partial charge in [0.2, 0.25) is 0 Å². The van der Waals surface area contributed by atoms with E-state index in [-0.39, 0.29) is 11.3 Å². The van der Waals surface area contributed by atoms with Gasteiger partial charge in [-0.2, -0.15) is 5.10 Å². The van der Waals surface area contributed by atoms with Gasteiger partial charge in [0, 0.05) is 28.7 Å². The molecule has 32 heavy (non-hydrogen) atoms. The zero-order valence-corrected chi connectivity index (χ0v) is 19.6. The second-order valence-electron chi connectivity index (χ2n) is 8.30. The number of furan rings is 1. The number of nitrogens with zero attached hydrogens (tertiary/aromatic N) is 2. The van der Waals surface area contributed by atoms with Gasteiger partial charge in [0.1, 0.15) is 0 Å². The van der Waals surface area contributed by atoms with E-state index in [0.717, 1.165) is 28.7 Å². The van der Waals surface area contributed by atoms with Crippen LogP contribution in [0.2, 0.25) is 5.02 Å². The highest BCUT2D eigenvalue weighted by Gasteiger charge is 2.30. The number of ether oxygens (including phenoxy) is 1. The van der Waals surface area contributed by atoms with Crippen molar-refractivity contribution in [2.75, 3.05) is 18.6 Å². The number of methoxy groups -OCH3 is 1. The molecule has 0 saturated carbocycles. The van der Waals surface area contributed by atoms with Crippen LogP contribution in [0.4, 0.5) is 5.69 Å². The molecule has 166 valence electrons. The molecule has 0 aliphatic carbocycles. The Morgan fingerprint density at radius 3 is 2.81 bits per heavy atom. The lowest BCUT2D eigenvalue weighted by atomic mass is 9.88. The van der Waals surface area contributed by atoms with Crippen molar-refractivity contribution in [3.63, 3.8) is 0 Å². The van der Waals surface area contributed by atoms with Crippen molar-refractivity contribution in [2.24, 2.45) is 5.10 Å². The second kappa shape index (κ2) is 8.36. The number of anilines is 1. The molecule has 1 N–H and O–H groups in total. The number of hydrazone groups is 1. The highest BCUT2D eigenvalue weighted by Crippen LogP contribution is 2.41. The van der Waals surface area contributed by atoms with Crippen LogP contribution in [0.3, 0.4) is 0 Å². The molecule has 0 saturated heterocycles. The molecule has 4 rings (SSSR count).